The lowest BCUT2D eigenvalue weighted by molar-refractivity contribution is -0.142. The molecule has 5 rings (SSSR count). The Morgan fingerprint density at radius 3 is 2.69 bits per heavy atom. The number of carbonyl (C=O) groups excluding carboxylic acids is 1. The van der Waals surface area contributed by atoms with E-state index in [1.807, 2.05) is 0 Å². The van der Waals surface area contributed by atoms with E-state index in [1.54, 1.807) is 17.5 Å². The molecule has 36 heavy (non-hydrogen) atoms. The minimum Gasteiger partial charge on any atom is -0.311 e. The first-order valence-corrected chi connectivity index (χ1v) is 13.0. The van der Waals surface area contributed by atoms with Crippen molar-refractivity contribution in [3.8, 4) is 16.6 Å². The van der Waals surface area contributed by atoms with Gasteiger partial charge in [0.25, 0.3) is 5.91 Å². The van der Waals surface area contributed by atoms with Gasteiger partial charge < -0.3 is 5.32 Å². The summed E-state index contributed by atoms with van der Waals surface area (Å²) in [6, 6.07) is 7.77. The minimum absolute atomic E-state index is 0.0858. The highest BCUT2D eigenvalue weighted by molar-refractivity contribution is 7.16. The van der Waals surface area contributed by atoms with E-state index in [-0.39, 0.29) is 22.5 Å². The lowest BCUT2D eigenvalue weighted by Gasteiger charge is -2.33. The highest BCUT2D eigenvalue weighted by Gasteiger charge is 2.36. The molecular formula is C25H22F3N5OS2. The van der Waals surface area contributed by atoms with Gasteiger partial charge >= 0.3 is 6.18 Å². The van der Waals surface area contributed by atoms with E-state index in [1.165, 1.54) is 28.7 Å². The summed E-state index contributed by atoms with van der Waals surface area (Å²) in [5.41, 5.74) is 0.342. The fourth-order valence-corrected chi connectivity index (χ4v) is 6.50. The van der Waals surface area contributed by atoms with Crippen LogP contribution in [-0.4, -0.2) is 20.5 Å². The third kappa shape index (κ3) is 4.40. The number of alkyl halides is 3. The number of nitrogens with zero attached hydrogens (tertiary/aromatic N) is 4. The molecular weight excluding hydrogens is 507 g/mol. The van der Waals surface area contributed by atoms with Crippen molar-refractivity contribution in [3.05, 3.63) is 57.0 Å². The zero-order valence-electron chi connectivity index (χ0n) is 19.7. The SMILES string of the molecule is CC(C)(C)C1CCc2c(sc(NC(=O)c3cc4nc(-c5cccs5)cc(C(F)(F)F)n4n3)c2C#N)C1. The number of rotatable bonds is 3. The van der Waals surface area contributed by atoms with Crippen LogP contribution in [0.4, 0.5) is 18.2 Å². The molecule has 0 fully saturated rings. The van der Waals surface area contributed by atoms with Crippen molar-refractivity contribution in [1.82, 2.24) is 14.6 Å². The molecule has 11 heteroatoms. The summed E-state index contributed by atoms with van der Waals surface area (Å²) in [6.07, 6.45) is -2.16. The molecule has 1 N–H and O–H groups in total. The second-order valence-corrected chi connectivity index (χ2v) is 11.9. The predicted octanol–water partition coefficient (Wildman–Crippen LogP) is 6.81. The maximum atomic E-state index is 13.8. The van der Waals surface area contributed by atoms with Crippen LogP contribution in [0.3, 0.4) is 0 Å². The Hall–Kier alpha value is -3.23. The van der Waals surface area contributed by atoms with E-state index >= 15 is 0 Å². The van der Waals surface area contributed by atoms with Gasteiger partial charge in [-0.1, -0.05) is 26.8 Å². The van der Waals surface area contributed by atoms with Gasteiger partial charge in [-0.15, -0.1) is 22.7 Å². The van der Waals surface area contributed by atoms with Crippen molar-refractivity contribution in [2.75, 3.05) is 5.32 Å². The quantitative estimate of drug-likeness (QED) is 0.316. The monoisotopic (exact) mass is 529 g/mol. The van der Waals surface area contributed by atoms with E-state index in [2.05, 4.69) is 42.2 Å². The first kappa shape index (κ1) is 24.5. The number of amides is 1. The number of thiophene rings is 2. The highest BCUT2D eigenvalue weighted by atomic mass is 32.1. The topological polar surface area (TPSA) is 83.1 Å². The Bertz CT molecular complexity index is 1500. The van der Waals surface area contributed by atoms with E-state index < -0.39 is 17.8 Å². The number of halogens is 3. The molecule has 1 atom stereocenters. The van der Waals surface area contributed by atoms with Crippen LogP contribution >= 0.6 is 22.7 Å². The average Bonchev–Trinajstić information content (AvgIpc) is 3.54. The Kier molecular flexibility index (Phi) is 5.92. The molecule has 1 aliphatic carbocycles. The lowest BCUT2D eigenvalue weighted by atomic mass is 9.72. The molecule has 0 spiro atoms. The van der Waals surface area contributed by atoms with Gasteiger partial charge in [0.05, 0.1) is 16.1 Å². The van der Waals surface area contributed by atoms with Crippen molar-refractivity contribution in [1.29, 1.82) is 5.26 Å². The first-order chi connectivity index (χ1) is 17.0. The van der Waals surface area contributed by atoms with Crippen LogP contribution in [0, 0.1) is 22.7 Å². The second kappa shape index (κ2) is 8.71. The van der Waals surface area contributed by atoms with Crippen molar-refractivity contribution >= 4 is 39.2 Å². The fourth-order valence-electron chi connectivity index (χ4n) is 4.54. The number of aromatic nitrogens is 3. The van der Waals surface area contributed by atoms with E-state index in [0.29, 0.717) is 25.9 Å². The molecule has 4 aromatic rings. The molecule has 1 aliphatic rings. The number of carbonyl (C=O) groups is 1. The smallest absolute Gasteiger partial charge is 0.311 e. The van der Waals surface area contributed by atoms with Gasteiger partial charge in [-0.25, -0.2) is 9.50 Å². The van der Waals surface area contributed by atoms with Crippen LogP contribution in [0.2, 0.25) is 0 Å². The summed E-state index contributed by atoms with van der Waals surface area (Å²) >= 11 is 2.63. The van der Waals surface area contributed by atoms with Crippen LogP contribution in [-0.2, 0) is 19.0 Å². The molecule has 4 aromatic heterocycles. The summed E-state index contributed by atoms with van der Waals surface area (Å²) in [5.74, 6) is -0.227. The number of hydrogen-bond donors (Lipinski definition) is 1. The van der Waals surface area contributed by atoms with Gasteiger partial charge in [-0.05, 0) is 53.7 Å². The summed E-state index contributed by atoms with van der Waals surface area (Å²) in [4.78, 5) is 19.0. The van der Waals surface area contributed by atoms with E-state index in [9.17, 15) is 23.2 Å². The highest BCUT2D eigenvalue weighted by Crippen LogP contribution is 2.44. The van der Waals surface area contributed by atoms with Gasteiger partial charge in [0.2, 0.25) is 0 Å². The van der Waals surface area contributed by atoms with Gasteiger partial charge in [0, 0.05) is 10.9 Å². The van der Waals surface area contributed by atoms with Gasteiger partial charge in [0.1, 0.15) is 11.1 Å². The number of nitrogens with one attached hydrogen (secondary N) is 1. The van der Waals surface area contributed by atoms with Gasteiger partial charge in [-0.2, -0.15) is 23.5 Å². The van der Waals surface area contributed by atoms with Crippen molar-refractivity contribution in [3.63, 3.8) is 0 Å². The third-order valence-electron chi connectivity index (χ3n) is 6.55. The van der Waals surface area contributed by atoms with E-state index in [4.69, 9.17) is 0 Å². The molecule has 186 valence electrons. The van der Waals surface area contributed by atoms with Crippen LogP contribution in [0.25, 0.3) is 16.2 Å². The summed E-state index contributed by atoms with van der Waals surface area (Å²) in [5, 5.41) is 18.6. The third-order valence-corrected chi connectivity index (χ3v) is 8.61. The fraction of sp³-hybridized carbons (Fsp3) is 0.360. The Balaban J connectivity index is 1.49. The molecule has 0 radical (unpaired) electrons. The summed E-state index contributed by atoms with van der Waals surface area (Å²) in [6.45, 7) is 6.59. The predicted molar refractivity (Wildman–Crippen MR) is 133 cm³/mol. The molecule has 0 saturated heterocycles. The van der Waals surface area contributed by atoms with Crippen LogP contribution in [0.1, 0.15) is 59.4 Å². The molecule has 0 aromatic carbocycles. The molecule has 1 unspecified atom stereocenters. The van der Waals surface area contributed by atoms with Crippen LogP contribution in [0.15, 0.2) is 29.6 Å². The average molecular weight is 530 g/mol. The zero-order valence-corrected chi connectivity index (χ0v) is 21.4. The molecule has 1 amide bonds. The molecule has 6 nitrogen and oxygen atoms in total. The number of hydrogen-bond acceptors (Lipinski definition) is 6. The maximum absolute atomic E-state index is 13.8. The van der Waals surface area contributed by atoms with Gasteiger partial charge in [0.15, 0.2) is 17.0 Å². The van der Waals surface area contributed by atoms with Crippen LogP contribution in [0.5, 0.6) is 0 Å². The maximum Gasteiger partial charge on any atom is 0.433 e. The zero-order chi connectivity index (χ0) is 25.8. The number of anilines is 1. The number of fused-ring (bicyclic) bond motifs is 2. The second-order valence-electron chi connectivity index (χ2n) is 9.88. The standard InChI is InChI=1S/C25H22F3N5OS2/c1-24(2,3)13-6-7-14-15(12-29)23(36-19(14)9-13)31-22(34)17-11-21-30-16(18-5-4-8-35-18)10-20(25(26,27)28)33(21)32-17/h4-5,8,10-11,13H,6-7,9H2,1-3H3,(H,31,34). The van der Waals surface area contributed by atoms with Crippen LogP contribution < -0.4 is 5.32 Å². The Morgan fingerprint density at radius 1 is 1.28 bits per heavy atom. The largest absolute Gasteiger partial charge is 0.433 e. The summed E-state index contributed by atoms with van der Waals surface area (Å²) < 4.78 is 42.1. The van der Waals surface area contributed by atoms with Gasteiger partial charge in [-0.3, -0.25) is 4.79 Å². The summed E-state index contributed by atoms with van der Waals surface area (Å²) in [7, 11) is 0. The molecule has 0 saturated carbocycles. The normalized spacial score (nSPS) is 16.1. The lowest BCUT2D eigenvalue weighted by Crippen LogP contribution is -2.26. The first-order valence-electron chi connectivity index (χ1n) is 11.3. The van der Waals surface area contributed by atoms with Crippen molar-refractivity contribution < 1.29 is 18.0 Å². The Labute approximate surface area is 213 Å². The van der Waals surface area contributed by atoms with Crippen molar-refractivity contribution in [2.24, 2.45) is 11.3 Å². The minimum atomic E-state index is -4.70. The van der Waals surface area contributed by atoms with E-state index in [0.717, 1.165) is 35.8 Å². The molecule has 0 aliphatic heterocycles. The molecule has 0 bridgehead atoms. The molecule has 4 heterocycles. The van der Waals surface area contributed by atoms with Crippen molar-refractivity contribution in [2.45, 2.75) is 46.2 Å². The number of nitriles is 1. The Morgan fingerprint density at radius 2 is 2.06 bits per heavy atom.